The molecule has 0 spiro atoms. The molecule has 0 saturated carbocycles. The van der Waals surface area contributed by atoms with Crippen LogP contribution in [0.1, 0.15) is 51.5 Å². The van der Waals surface area contributed by atoms with Gasteiger partial charge in [0.05, 0.1) is 10.6 Å². The van der Waals surface area contributed by atoms with Crippen molar-refractivity contribution in [1.82, 2.24) is 4.72 Å². The Morgan fingerprint density at radius 2 is 1.87 bits per heavy atom. The van der Waals surface area contributed by atoms with Crippen molar-refractivity contribution in [3.05, 3.63) is 41.1 Å². The Hall–Kier alpha value is -1.33. The Labute approximate surface area is 140 Å². The fourth-order valence-corrected chi connectivity index (χ4v) is 4.38. The van der Waals surface area contributed by atoms with Gasteiger partial charge in [-0.15, -0.1) is 0 Å². The third-order valence-corrected chi connectivity index (χ3v) is 6.04. The van der Waals surface area contributed by atoms with Crippen LogP contribution in [0.2, 0.25) is 0 Å². The van der Waals surface area contributed by atoms with Crippen molar-refractivity contribution in [2.45, 2.75) is 63.4 Å². The van der Waals surface area contributed by atoms with Gasteiger partial charge < -0.3 is 4.74 Å². The Morgan fingerprint density at radius 3 is 2.43 bits per heavy atom. The fourth-order valence-electron chi connectivity index (χ4n) is 3.14. The molecule has 1 N–H and O–H groups in total. The highest BCUT2D eigenvalue weighted by atomic mass is 32.2. The second-order valence-electron chi connectivity index (χ2n) is 6.38. The third kappa shape index (κ3) is 3.78. The van der Waals surface area contributed by atoms with Crippen molar-refractivity contribution in [2.24, 2.45) is 0 Å². The summed E-state index contributed by atoms with van der Waals surface area (Å²) >= 11 is 0. The van der Waals surface area contributed by atoms with Crippen molar-refractivity contribution in [2.75, 3.05) is 7.11 Å². The molecule has 0 fully saturated rings. The molecule has 128 valence electrons. The summed E-state index contributed by atoms with van der Waals surface area (Å²) in [6.45, 7) is 6.05. The first kappa shape index (κ1) is 18.0. The number of rotatable bonds is 7. The summed E-state index contributed by atoms with van der Waals surface area (Å²) in [5.41, 5.74) is 2.33. The molecule has 1 atom stereocenters. The van der Waals surface area contributed by atoms with E-state index in [4.69, 9.17) is 4.74 Å². The lowest BCUT2D eigenvalue weighted by molar-refractivity contribution is 0.0111. The summed E-state index contributed by atoms with van der Waals surface area (Å²) in [6, 6.07) is 6.91. The van der Waals surface area contributed by atoms with Crippen LogP contribution in [0.3, 0.4) is 0 Å². The molecule has 0 bridgehead atoms. The molecule has 2 rings (SSSR count). The van der Waals surface area contributed by atoms with E-state index in [9.17, 15) is 8.42 Å². The van der Waals surface area contributed by atoms with Crippen LogP contribution in [-0.2, 0) is 14.8 Å². The highest BCUT2D eigenvalue weighted by Gasteiger charge is 2.41. The molecule has 4 nitrogen and oxygen atoms in total. The van der Waals surface area contributed by atoms with Gasteiger partial charge >= 0.3 is 0 Å². The lowest BCUT2D eigenvalue weighted by Gasteiger charge is -2.31. The minimum absolute atomic E-state index is 0.288. The number of sulfonamides is 1. The van der Waals surface area contributed by atoms with E-state index in [1.54, 1.807) is 19.2 Å². The first-order valence-electron chi connectivity index (χ1n) is 8.19. The molecule has 0 heterocycles. The number of unbranched alkanes of at least 4 members (excludes halogenated alkanes) is 1. The van der Waals surface area contributed by atoms with E-state index >= 15 is 0 Å². The van der Waals surface area contributed by atoms with E-state index in [0.29, 0.717) is 0 Å². The molecule has 1 aliphatic rings. The van der Waals surface area contributed by atoms with Crippen molar-refractivity contribution < 1.29 is 13.2 Å². The zero-order valence-corrected chi connectivity index (χ0v) is 15.3. The van der Waals surface area contributed by atoms with Crippen LogP contribution < -0.4 is 4.72 Å². The molecular formula is C18H27NO3S. The maximum Gasteiger partial charge on any atom is 0.261 e. The Balaban J connectivity index is 2.31. The molecule has 5 heteroatoms. The highest BCUT2D eigenvalue weighted by Crippen LogP contribution is 2.41. The van der Waals surface area contributed by atoms with Crippen LogP contribution in [0.25, 0.3) is 0 Å². The summed E-state index contributed by atoms with van der Waals surface area (Å²) < 4.78 is 34.1. The number of allylic oxidation sites excluding steroid dienone is 1. The quantitative estimate of drug-likeness (QED) is 0.820. The minimum Gasteiger partial charge on any atom is -0.372 e. The number of methoxy groups -OCH3 is 1. The van der Waals surface area contributed by atoms with Gasteiger partial charge in [-0.25, -0.2) is 8.42 Å². The van der Waals surface area contributed by atoms with Crippen LogP contribution in [0.15, 0.2) is 40.4 Å². The summed E-state index contributed by atoms with van der Waals surface area (Å²) in [5.74, 6) is 0. The number of ether oxygens (including phenoxy) is 1. The standard InChI is InChI=1S/C18H27NO3S/c1-5-6-12-18(22-4)13-11-15(3)17(18)19-23(20,21)16-9-7-14(2)8-10-16/h7-10,19H,5-6,11-13H2,1-4H3. The zero-order chi connectivity index (χ0) is 17.1. The summed E-state index contributed by atoms with van der Waals surface area (Å²) in [4.78, 5) is 0.288. The zero-order valence-electron chi connectivity index (χ0n) is 14.5. The Kier molecular flexibility index (Phi) is 5.53. The molecule has 0 radical (unpaired) electrons. The average Bonchev–Trinajstić information content (AvgIpc) is 2.83. The Morgan fingerprint density at radius 1 is 1.22 bits per heavy atom. The molecule has 1 aromatic rings. The van der Waals surface area contributed by atoms with Crippen LogP contribution in [0, 0.1) is 6.92 Å². The van der Waals surface area contributed by atoms with Crippen molar-refractivity contribution in [3.63, 3.8) is 0 Å². The van der Waals surface area contributed by atoms with Crippen LogP contribution in [0.4, 0.5) is 0 Å². The van der Waals surface area contributed by atoms with Gasteiger partial charge in [0.25, 0.3) is 10.0 Å². The van der Waals surface area contributed by atoms with Crippen molar-refractivity contribution in [3.8, 4) is 0 Å². The average molecular weight is 337 g/mol. The molecular weight excluding hydrogens is 310 g/mol. The van der Waals surface area contributed by atoms with E-state index in [1.807, 2.05) is 26.0 Å². The lowest BCUT2D eigenvalue weighted by atomic mass is 9.93. The molecule has 23 heavy (non-hydrogen) atoms. The molecule has 0 aliphatic heterocycles. The molecule has 1 unspecified atom stereocenters. The van der Waals surface area contributed by atoms with Crippen LogP contribution >= 0.6 is 0 Å². The topological polar surface area (TPSA) is 55.4 Å². The largest absolute Gasteiger partial charge is 0.372 e. The number of aryl methyl sites for hydroxylation is 1. The van der Waals surface area contributed by atoms with Gasteiger partial charge in [-0.3, -0.25) is 4.72 Å². The van der Waals surface area contributed by atoms with Crippen LogP contribution in [0.5, 0.6) is 0 Å². The fraction of sp³-hybridized carbons (Fsp3) is 0.556. The maximum absolute atomic E-state index is 12.7. The molecule has 0 amide bonds. The van der Waals surface area contributed by atoms with E-state index in [1.165, 1.54) is 0 Å². The van der Waals surface area contributed by atoms with E-state index in [2.05, 4.69) is 11.6 Å². The van der Waals surface area contributed by atoms with Crippen molar-refractivity contribution in [1.29, 1.82) is 0 Å². The molecule has 0 aromatic heterocycles. The monoisotopic (exact) mass is 337 g/mol. The van der Waals surface area contributed by atoms with E-state index in [-0.39, 0.29) is 4.90 Å². The van der Waals surface area contributed by atoms with Gasteiger partial charge in [0, 0.05) is 7.11 Å². The highest BCUT2D eigenvalue weighted by molar-refractivity contribution is 7.89. The van der Waals surface area contributed by atoms with E-state index in [0.717, 1.165) is 48.9 Å². The number of benzene rings is 1. The third-order valence-electron chi connectivity index (χ3n) is 4.68. The van der Waals surface area contributed by atoms with E-state index < -0.39 is 15.6 Å². The van der Waals surface area contributed by atoms with Crippen LogP contribution in [-0.4, -0.2) is 21.1 Å². The smallest absolute Gasteiger partial charge is 0.261 e. The maximum atomic E-state index is 12.7. The summed E-state index contributed by atoms with van der Waals surface area (Å²) in [6.07, 6.45) is 4.60. The number of hydrogen-bond donors (Lipinski definition) is 1. The minimum atomic E-state index is -3.59. The molecule has 0 saturated heterocycles. The van der Waals surface area contributed by atoms with Gasteiger partial charge in [-0.2, -0.15) is 0 Å². The number of nitrogens with one attached hydrogen (secondary N) is 1. The normalized spacial score (nSPS) is 21.7. The SMILES string of the molecule is CCCCC1(OC)CCC(C)=C1NS(=O)(=O)c1ccc(C)cc1. The predicted octanol–water partition coefficient (Wildman–Crippen LogP) is 3.92. The Bertz CT molecular complexity index is 677. The van der Waals surface area contributed by atoms with Gasteiger partial charge in [0.2, 0.25) is 0 Å². The first-order chi connectivity index (χ1) is 10.8. The predicted molar refractivity (Wildman–Crippen MR) is 92.7 cm³/mol. The molecule has 1 aliphatic carbocycles. The second-order valence-corrected chi connectivity index (χ2v) is 8.06. The van der Waals surface area contributed by atoms with Crippen molar-refractivity contribution >= 4 is 10.0 Å². The van der Waals surface area contributed by atoms with Gasteiger partial charge in [-0.1, -0.05) is 43.0 Å². The second kappa shape index (κ2) is 7.05. The van der Waals surface area contributed by atoms with Gasteiger partial charge in [-0.05, 0) is 45.2 Å². The molecule has 1 aromatic carbocycles. The lowest BCUT2D eigenvalue weighted by Crippen LogP contribution is -2.40. The number of hydrogen-bond acceptors (Lipinski definition) is 3. The van der Waals surface area contributed by atoms with Gasteiger partial charge in [0.15, 0.2) is 0 Å². The first-order valence-corrected chi connectivity index (χ1v) is 9.68. The van der Waals surface area contributed by atoms with Gasteiger partial charge in [0.1, 0.15) is 5.60 Å². The summed E-state index contributed by atoms with van der Waals surface area (Å²) in [7, 11) is -1.91. The summed E-state index contributed by atoms with van der Waals surface area (Å²) in [5, 5.41) is 0.